The maximum atomic E-state index is 12.1. The van der Waals surface area contributed by atoms with Gasteiger partial charge in [0.05, 0.1) is 12.1 Å². The molecule has 2 aromatic rings. The molecule has 6 nitrogen and oxygen atoms in total. The number of fused-ring (bicyclic) bond motifs is 1. The van der Waals surface area contributed by atoms with Gasteiger partial charge in [0.25, 0.3) is 5.91 Å². The van der Waals surface area contributed by atoms with Crippen molar-refractivity contribution in [2.75, 3.05) is 6.54 Å². The van der Waals surface area contributed by atoms with Crippen LogP contribution in [0.25, 0.3) is 10.9 Å². The van der Waals surface area contributed by atoms with E-state index >= 15 is 0 Å². The van der Waals surface area contributed by atoms with E-state index in [1.807, 2.05) is 25.1 Å². The van der Waals surface area contributed by atoms with Crippen molar-refractivity contribution in [3.05, 3.63) is 29.5 Å². The number of aromatic nitrogens is 2. The Balaban J connectivity index is 1.68. The highest BCUT2D eigenvalue weighted by atomic mass is 16.2. The van der Waals surface area contributed by atoms with Gasteiger partial charge in [0, 0.05) is 11.4 Å². The molecule has 104 valence electrons. The molecule has 1 heterocycles. The molecule has 20 heavy (non-hydrogen) atoms. The Labute approximate surface area is 115 Å². The predicted octanol–water partition coefficient (Wildman–Crippen LogP) is 0.880. The molecule has 0 bridgehead atoms. The number of aryl methyl sites for hydroxylation is 1. The van der Waals surface area contributed by atoms with Gasteiger partial charge in [-0.1, -0.05) is 11.6 Å². The van der Waals surface area contributed by atoms with Crippen molar-refractivity contribution in [2.45, 2.75) is 25.8 Å². The van der Waals surface area contributed by atoms with E-state index in [4.69, 9.17) is 0 Å². The minimum Gasteiger partial charge on any atom is -0.352 e. The number of H-pyrrole nitrogens is 1. The van der Waals surface area contributed by atoms with Crippen LogP contribution in [-0.2, 0) is 4.79 Å². The van der Waals surface area contributed by atoms with Crippen LogP contribution >= 0.6 is 0 Å². The molecule has 2 amide bonds. The first-order valence-corrected chi connectivity index (χ1v) is 6.66. The first-order chi connectivity index (χ1) is 9.63. The molecule has 0 unspecified atom stereocenters. The number of carbonyl (C=O) groups excluding carboxylic acids is 2. The Kier molecular flexibility index (Phi) is 3.14. The molecule has 1 aliphatic rings. The molecule has 1 aromatic heterocycles. The first kappa shape index (κ1) is 12.7. The molecule has 1 fully saturated rings. The molecular weight excluding hydrogens is 256 g/mol. The summed E-state index contributed by atoms with van der Waals surface area (Å²) in [5.74, 6) is -0.496. The second-order valence-electron chi connectivity index (χ2n) is 5.15. The lowest BCUT2D eigenvalue weighted by atomic mass is 10.1. The minimum atomic E-state index is -0.340. The van der Waals surface area contributed by atoms with E-state index in [1.165, 1.54) is 0 Å². The summed E-state index contributed by atoms with van der Waals surface area (Å²) in [5.41, 5.74) is 2.19. The van der Waals surface area contributed by atoms with Crippen LogP contribution in [0, 0.1) is 6.92 Å². The summed E-state index contributed by atoms with van der Waals surface area (Å²) in [6.07, 6.45) is 2.06. The van der Waals surface area contributed by atoms with Gasteiger partial charge in [-0.25, -0.2) is 0 Å². The maximum absolute atomic E-state index is 12.1. The monoisotopic (exact) mass is 272 g/mol. The van der Waals surface area contributed by atoms with Gasteiger partial charge in [-0.2, -0.15) is 5.10 Å². The Hall–Kier alpha value is -2.37. The van der Waals surface area contributed by atoms with Crippen molar-refractivity contribution in [3.8, 4) is 0 Å². The van der Waals surface area contributed by atoms with Crippen molar-refractivity contribution in [1.29, 1.82) is 0 Å². The van der Waals surface area contributed by atoms with Crippen molar-refractivity contribution < 1.29 is 9.59 Å². The van der Waals surface area contributed by atoms with Crippen LogP contribution in [-0.4, -0.2) is 34.6 Å². The van der Waals surface area contributed by atoms with Crippen LogP contribution in [0.4, 0.5) is 0 Å². The van der Waals surface area contributed by atoms with Gasteiger partial charge >= 0.3 is 0 Å². The predicted molar refractivity (Wildman–Crippen MR) is 74.3 cm³/mol. The van der Waals surface area contributed by atoms with Gasteiger partial charge in [-0.05, 0) is 31.9 Å². The maximum Gasteiger partial charge on any atom is 0.272 e. The Morgan fingerprint density at radius 3 is 2.95 bits per heavy atom. The average Bonchev–Trinajstić information content (AvgIpc) is 3.13. The number of hydrogen-bond donors (Lipinski definition) is 3. The second kappa shape index (κ2) is 4.96. The van der Waals surface area contributed by atoms with Crippen LogP contribution < -0.4 is 10.6 Å². The van der Waals surface area contributed by atoms with Crippen molar-refractivity contribution in [1.82, 2.24) is 20.8 Å². The third-order valence-corrected chi connectivity index (χ3v) is 3.29. The topological polar surface area (TPSA) is 86.9 Å². The summed E-state index contributed by atoms with van der Waals surface area (Å²) in [4.78, 5) is 23.6. The Morgan fingerprint density at radius 1 is 1.40 bits per heavy atom. The van der Waals surface area contributed by atoms with Gasteiger partial charge in [0.2, 0.25) is 5.91 Å². The van der Waals surface area contributed by atoms with E-state index in [9.17, 15) is 9.59 Å². The normalized spacial score (nSPS) is 14.2. The highest BCUT2D eigenvalue weighted by Gasteiger charge is 2.23. The highest BCUT2D eigenvalue weighted by Crippen LogP contribution is 2.18. The molecule has 6 heteroatoms. The summed E-state index contributed by atoms with van der Waals surface area (Å²) in [6, 6.07) is 6.03. The molecule has 1 aromatic carbocycles. The standard InChI is InChI=1S/C14H16N4O2/c1-8-2-5-11-10(6-8)13(18-17-11)14(20)15-7-12(19)16-9-3-4-9/h2,5-6,9H,3-4,7H2,1H3,(H,15,20)(H,16,19)(H,17,18). The van der Waals surface area contributed by atoms with Crippen LogP contribution in [0.2, 0.25) is 0 Å². The molecule has 3 rings (SSSR count). The zero-order valence-corrected chi connectivity index (χ0v) is 11.2. The number of benzene rings is 1. The van der Waals surface area contributed by atoms with E-state index in [-0.39, 0.29) is 18.4 Å². The van der Waals surface area contributed by atoms with Crippen molar-refractivity contribution >= 4 is 22.7 Å². The number of aromatic amines is 1. The number of rotatable bonds is 4. The molecule has 1 aliphatic carbocycles. The van der Waals surface area contributed by atoms with E-state index in [1.54, 1.807) is 0 Å². The molecule has 0 saturated heterocycles. The minimum absolute atomic E-state index is 0.0184. The highest BCUT2D eigenvalue weighted by molar-refractivity contribution is 6.05. The smallest absolute Gasteiger partial charge is 0.272 e. The van der Waals surface area contributed by atoms with Gasteiger partial charge in [-0.3, -0.25) is 14.7 Å². The molecule has 0 aliphatic heterocycles. The summed E-state index contributed by atoms with van der Waals surface area (Å²) >= 11 is 0. The fraction of sp³-hybridized carbons (Fsp3) is 0.357. The lowest BCUT2D eigenvalue weighted by Gasteiger charge is -2.04. The number of amides is 2. The Bertz CT molecular complexity index is 673. The van der Waals surface area contributed by atoms with Crippen molar-refractivity contribution in [2.24, 2.45) is 0 Å². The zero-order chi connectivity index (χ0) is 14.1. The van der Waals surface area contributed by atoms with Gasteiger partial charge in [0.1, 0.15) is 0 Å². The summed E-state index contributed by atoms with van der Waals surface area (Å²) < 4.78 is 0. The Morgan fingerprint density at radius 2 is 2.20 bits per heavy atom. The number of hydrogen-bond acceptors (Lipinski definition) is 3. The van der Waals surface area contributed by atoms with Crippen LogP contribution in [0.3, 0.4) is 0 Å². The third-order valence-electron chi connectivity index (χ3n) is 3.29. The average molecular weight is 272 g/mol. The fourth-order valence-corrected chi connectivity index (χ4v) is 2.05. The molecular formula is C14H16N4O2. The van der Waals surface area contributed by atoms with E-state index in [0.29, 0.717) is 11.7 Å². The molecule has 1 saturated carbocycles. The van der Waals surface area contributed by atoms with Gasteiger partial charge in [-0.15, -0.1) is 0 Å². The molecule has 0 spiro atoms. The van der Waals surface area contributed by atoms with E-state index < -0.39 is 0 Å². The quantitative estimate of drug-likeness (QED) is 0.772. The zero-order valence-electron chi connectivity index (χ0n) is 11.2. The number of carbonyl (C=O) groups is 2. The van der Waals surface area contributed by atoms with Crippen LogP contribution in [0.1, 0.15) is 28.9 Å². The SMILES string of the molecule is Cc1ccc2[nH]nc(C(=O)NCC(=O)NC3CC3)c2c1. The number of nitrogens with zero attached hydrogens (tertiary/aromatic N) is 1. The number of nitrogens with one attached hydrogen (secondary N) is 3. The molecule has 0 radical (unpaired) electrons. The van der Waals surface area contributed by atoms with Crippen LogP contribution in [0.15, 0.2) is 18.2 Å². The third kappa shape index (κ3) is 2.64. The summed E-state index contributed by atoms with van der Waals surface area (Å²) in [5, 5.41) is 13.0. The summed E-state index contributed by atoms with van der Waals surface area (Å²) in [7, 11) is 0. The summed E-state index contributed by atoms with van der Waals surface area (Å²) in [6.45, 7) is 1.94. The van der Waals surface area contributed by atoms with Gasteiger partial charge < -0.3 is 10.6 Å². The first-order valence-electron chi connectivity index (χ1n) is 6.66. The lowest BCUT2D eigenvalue weighted by molar-refractivity contribution is -0.120. The van der Waals surface area contributed by atoms with Crippen molar-refractivity contribution in [3.63, 3.8) is 0 Å². The second-order valence-corrected chi connectivity index (χ2v) is 5.15. The van der Waals surface area contributed by atoms with E-state index in [2.05, 4.69) is 20.8 Å². The van der Waals surface area contributed by atoms with Gasteiger partial charge in [0.15, 0.2) is 5.69 Å². The van der Waals surface area contributed by atoms with Crippen LogP contribution in [0.5, 0.6) is 0 Å². The molecule has 3 N–H and O–H groups in total. The lowest BCUT2D eigenvalue weighted by Crippen LogP contribution is -2.38. The largest absolute Gasteiger partial charge is 0.352 e. The molecule has 0 atom stereocenters. The van der Waals surface area contributed by atoms with E-state index in [0.717, 1.165) is 29.3 Å². The fourth-order valence-electron chi connectivity index (χ4n) is 2.05.